The predicted molar refractivity (Wildman–Crippen MR) is 118 cm³/mol. The molecular formula is C21H21N3O5S2. The van der Waals surface area contributed by atoms with Crippen molar-refractivity contribution >= 4 is 33.2 Å². The highest BCUT2D eigenvalue weighted by Gasteiger charge is 2.29. The van der Waals surface area contributed by atoms with Gasteiger partial charge in [0, 0.05) is 37.9 Å². The maximum Gasteiger partial charge on any atom is 0.283 e. The summed E-state index contributed by atoms with van der Waals surface area (Å²) in [5.41, 5.74) is 1.82. The number of rotatable bonds is 6. The molecule has 3 aromatic rings. The van der Waals surface area contributed by atoms with Crippen LogP contribution in [0.2, 0.25) is 0 Å². The molecule has 31 heavy (non-hydrogen) atoms. The molecule has 1 aliphatic rings. The van der Waals surface area contributed by atoms with E-state index in [2.05, 4.69) is 0 Å². The summed E-state index contributed by atoms with van der Waals surface area (Å²) in [5, 5.41) is 12.0. The molecule has 8 nitrogen and oxygen atoms in total. The van der Waals surface area contributed by atoms with Gasteiger partial charge in [0.15, 0.2) is 5.09 Å². The summed E-state index contributed by atoms with van der Waals surface area (Å²) >= 11 is 1.19. The lowest BCUT2D eigenvalue weighted by atomic mass is 10.2. The van der Waals surface area contributed by atoms with E-state index in [9.17, 15) is 18.5 Å². The van der Waals surface area contributed by atoms with Crippen molar-refractivity contribution in [2.24, 2.45) is 0 Å². The Bertz CT molecular complexity index is 1170. The van der Waals surface area contributed by atoms with Crippen molar-refractivity contribution in [3.63, 3.8) is 0 Å². The van der Waals surface area contributed by atoms with Crippen LogP contribution in [0.25, 0.3) is 0 Å². The second kappa shape index (κ2) is 8.74. The lowest BCUT2D eigenvalue weighted by Crippen LogP contribution is -2.48. The fraction of sp³-hybridized carbons (Fsp3) is 0.238. The summed E-state index contributed by atoms with van der Waals surface area (Å²) in [5.74, 6) is 0. The molecule has 0 saturated carbocycles. The first-order valence-electron chi connectivity index (χ1n) is 9.66. The van der Waals surface area contributed by atoms with E-state index >= 15 is 0 Å². The molecule has 1 saturated heterocycles. The van der Waals surface area contributed by atoms with E-state index in [1.54, 1.807) is 48.5 Å². The van der Waals surface area contributed by atoms with Crippen LogP contribution in [-0.4, -0.2) is 43.8 Å². The summed E-state index contributed by atoms with van der Waals surface area (Å²) < 4.78 is 32.6. The van der Waals surface area contributed by atoms with Crippen molar-refractivity contribution in [1.29, 1.82) is 0 Å². The van der Waals surface area contributed by atoms with Gasteiger partial charge in [-0.15, -0.1) is 0 Å². The molecule has 0 atom stereocenters. The number of nitro benzene ring substituents is 1. The van der Waals surface area contributed by atoms with E-state index in [0.717, 1.165) is 11.3 Å². The number of piperazine rings is 1. The van der Waals surface area contributed by atoms with Crippen LogP contribution >= 0.6 is 11.8 Å². The lowest BCUT2D eigenvalue weighted by Gasteiger charge is -2.35. The van der Waals surface area contributed by atoms with Crippen LogP contribution in [0.4, 0.5) is 11.4 Å². The van der Waals surface area contributed by atoms with E-state index in [1.807, 2.05) is 11.8 Å². The molecular weight excluding hydrogens is 438 g/mol. The Morgan fingerprint density at radius 2 is 1.74 bits per heavy atom. The minimum atomic E-state index is -3.54. The second-order valence-electron chi connectivity index (χ2n) is 7.15. The number of nitro groups is 1. The summed E-state index contributed by atoms with van der Waals surface area (Å²) in [4.78, 5) is 13.8. The van der Waals surface area contributed by atoms with Gasteiger partial charge in [-0.05, 0) is 55.1 Å². The normalized spacial score (nSPS) is 15.2. The third-order valence-electron chi connectivity index (χ3n) is 5.11. The Hall–Kier alpha value is -2.82. The predicted octanol–water partition coefficient (Wildman–Crippen LogP) is 4.16. The van der Waals surface area contributed by atoms with Gasteiger partial charge in [0.2, 0.25) is 10.0 Å². The van der Waals surface area contributed by atoms with Gasteiger partial charge >= 0.3 is 0 Å². The molecule has 4 rings (SSSR count). The molecule has 10 heteroatoms. The number of anilines is 1. The van der Waals surface area contributed by atoms with Gasteiger partial charge in [0.1, 0.15) is 0 Å². The monoisotopic (exact) mass is 459 g/mol. The van der Waals surface area contributed by atoms with Crippen molar-refractivity contribution in [3.05, 3.63) is 76.5 Å². The highest BCUT2D eigenvalue weighted by atomic mass is 32.2. The second-order valence-corrected chi connectivity index (χ2v) is 10.1. The molecule has 2 aromatic carbocycles. The molecule has 1 fully saturated rings. The Balaban J connectivity index is 1.50. The highest BCUT2D eigenvalue weighted by Crippen LogP contribution is 2.38. The molecule has 0 unspecified atom stereocenters. The van der Waals surface area contributed by atoms with E-state index in [4.69, 9.17) is 4.42 Å². The van der Waals surface area contributed by atoms with Gasteiger partial charge in [-0.25, -0.2) is 8.42 Å². The van der Waals surface area contributed by atoms with Crippen LogP contribution in [0.5, 0.6) is 0 Å². The van der Waals surface area contributed by atoms with Crippen LogP contribution in [0, 0.1) is 17.0 Å². The number of hydrogen-bond donors (Lipinski definition) is 0. The molecule has 162 valence electrons. The third kappa shape index (κ3) is 4.60. The number of hydrogen-bond acceptors (Lipinski definition) is 7. The van der Waals surface area contributed by atoms with Crippen LogP contribution < -0.4 is 4.90 Å². The van der Waals surface area contributed by atoms with Gasteiger partial charge in [-0.1, -0.05) is 17.7 Å². The first-order valence-corrected chi connectivity index (χ1v) is 11.9. The van der Waals surface area contributed by atoms with Crippen LogP contribution in [0.15, 0.2) is 80.2 Å². The average molecular weight is 460 g/mol. The zero-order valence-corrected chi connectivity index (χ0v) is 18.4. The quantitative estimate of drug-likeness (QED) is 0.403. The van der Waals surface area contributed by atoms with E-state index < -0.39 is 14.9 Å². The Morgan fingerprint density at radius 1 is 1.03 bits per heavy atom. The van der Waals surface area contributed by atoms with E-state index in [1.165, 1.54) is 28.4 Å². The molecule has 0 aliphatic carbocycles. The molecule has 0 radical (unpaired) electrons. The summed E-state index contributed by atoms with van der Waals surface area (Å²) in [6.45, 7) is 3.58. The zero-order valence-electron chi connectivity index (χ0n) is 16.8. The fourth-order valence-electron chi connectivity index (χ4n) is 3.41. The number of nitrogens with zero attached hydrogens (tertiary/aromatic N) is 3. The fourth-order valence-corrected chi connectivity index (χ4v) is 5.72. The first-order chi connectivity index (χ1) is 14.8. The molecule has 0 bridgehead atoms. The van der Waals surface area contributed by atoms with Crippen molar-refractivity contribution in [1.82, 2.24) is 4.31 Å². The van der Waals surface area contributed by atoms with Crippen molar-refractivity contribution in [3.8, 4) is 0 Å². The Labute approximate surface area is 184 Å². The number of furan rings is 1. The van der Waals surface area contributed by atoms with E-state index in [0.29, 0.717) is 41.1 Å². The smallest absolute Gasteiger partial charge is 0.283 e. The minimum Gasteiger partial charge on any atom is -0.458 e. The van der Waals surface area contributed by atoms with E-state index in [-0.39, 0.29) is 5.69 Å². The number of sulfonamides is 1. The van der Waals surface area contributed by atoms with Crippen LogP contribution in [0.1, 0.15) is 5.56 Å². The van der Waals surface area contributed by atoms with Gasteiger partial charge < -0.3 is 9.32 Å². The third-order valence-corrected chi connectivity index (χ3v) is 8.00. The lowest BCUT2D eigenvalue weighted by molar-refractivity contribution is -0.387. The van der Waals surface area contributed by atoms with Crippen molar-refractivity contribution < 1.29 is 17.8 Å². The summed E-state index contributed by atoms with van der Waals surface area (Å²) in [6.07, 6.45) is 1.52. The van der Waals surface area contributed by atoms with Gasteiger partial charge in [-0.3, -0.25) is 10.1 Å². The largest absolute Gasteiger partial charge is 0.458 e. The number of benzene rings is 2. The minimum absolute atomic E-state index is 0.00531. The Kier molecular flexibility index (Phi) is 6.03. The molecule has 0 amide bonds. The van der Waals surface area contributed by atoms with Crippen LogP contribution in [-0.2, 0) is 10.0 Å². The van der Waals surface area contributed by atoms with Gasteiger partial charge in [-0.2, -0.15) is 4.31 Å². The van der Waals surface area contributed by atoms with Crippen molar-refractivity contribution in [2.45, 2.75) is 21.8 Å². The van der Waals surface area contributed by atoms with Gasteiger partial charge in [0.25, 0.3) is 5.69 Å². The zero-order chi connectivity index (χ0) is 22.0. The highest BCUT2D eigenvalue weighted by molar-refractivity contribution is 7.99. The topological polar surface area (TPSA) is 96.9 Å². The maximum atomic E-state index is 12.9. The molecule has 0 spiro atoms. The van der Waals surface area contributed by atoms with Crippen LogP contribution in [0.3, 0.4) is 0 Å². The number of aryl methyl sites for hydroxylation is 1. The maximum absolute atomic E-state index is 12.9. The summed E-state index contributed by atoms with van der Waals surface area (Å²) in [7, 11) is -3.54. The standard InChI is InChI=1S/C21H21N3O5S2/c1-16-4-7-18(8-5-16)31(27,28)23-12-10-22(11-13-23)17-6-9-19(24(25)26)20(15-17)30-21-3-2-14-29-21/h2-9,14-15H,10-13H2,1H3. The average Bonchev–Trinajstić information content (AvgIpc) is 3.27. The molecule has 0 N–H and O–H groups in total. The molecule has 1 aliphatic heterocycles. The molecule has 2 heterocycles. The summed E-state index contributed by atoms with van der Waals surface area (Å²) in [6, 6.07) is 15.3. The van der Waals surface area contributed by atoms with Crippen molar-refractivity contribution in [2.75, 3.05) is 31.1 Å². The SMILES string of the molecule is Cc1ccc(S(=O)(=O)N2CCN(c3ccc([N+](=O)[O-])c(Sc4ccco4)c3)CC2)cc1. The first kappa shape index (κ1) is 21.4. The Morgan fingerprint density at radius 3 is 2.35 bits per heavy atom. The molecule has 1 aromatic heterocycles. The van der Waals surface area contributed by atoms with Gasteiger partial charge in [0.05, 0.1) is 21.0 Å².